The fourth-order valence-corrected chi connectivity index (χ4v) is 1.15. The highest BCUT2D eigenvalue weighted by Crippen LogP contribution is 2.25. The molecule has 0 aliphatic heterocycles. The third-order valence-corrected chi connectivity index (χ3v) is 1.87. The number of ether oxygens (including phenoxy) is 2. The summed E-state index contributed by atoms with van der Waals surface area (Å²) in [5.74, 6) is -1.43. The Balaban J connectivity index is 2.76. The molecular weight excluding hydrogens is 253 g/mol. The van der Waals surface area contributed by atoms with E-state index in [-0.39, 0.29) is 17.9 Å². The number of carbonyl (C=O) groups is 1. The Morgan fingerprint density at radius 3 is 2.56 bits per heavy atom. The number of alkyl halides is 3. The van der Waals surface area contributed by atoms with Crippen molar-refractivity contribution in [2.75, 3.05) is 13.2 Å². The summed E-state index contributed by atoms with van der Waals surface area (Å²) in [6, 6.07) is 3.22. The maximum Gasteiger partial charge on any atom is 0.422 e. The maximum absolute atomic E-state index is 11.9. The van der Waals surface area contributed by atoms with E-state index in [1.165, 1.54) is 0 Å². The number of esters is 1. The predicted octanol–water partition coefficient (Wildman–Crippen LogP) is 2.51. The zero-order valence-electron chi connectivity index (χ0n) is 9.45. The molecule has 1 aromatic carbocycles. The molecule has 0 bridgehead atoms. The Bertz CT molecular complexity index is 429. The van der Waals surface area contributed by atoms with Gasteiger partial charge < -0.3 is 14.6 Å². The third kappa shape index (κ3) is 4.15. The highest BCUT2D eigenvalue weighted by atomic mass is 19.4. The van der Waals surface area contributed by atoms with Gasteiger partial charge in [0.15, 0.2) is 6.61 Å². The zero-order valence-corrected chi connectivity index (χ0v) is 9.45. The van der Waals surface area contributed by atoms with E-state index in [2.05, 4.69) is 9.47 Å². The normalized spacial score (nSPS) is 11.1. The summed E-state index contributed by atoms with van der Waals surface area (Å²) in [5, 5.41) is 9.46. The van der Waals surface area contributed by atoms with Gasteiger partial charge in [-0.05, 0) is 19.1 Å². The molecule has 0 fully saturated rings. The smallest absolute Gasteiger partial charge is 0.422 e. The van der Waals surface area contributed by atoms with E-state index in [0.29, 0.717) is 0 Å². The molecule has 0 atom stereocenters. The summed E-state index contributed by atoms with van der Waals surface area (Å²) >= 11 is 0. The van der Waals surface area contributed by atoms with Crippen LogP contribution in [0.2, 0.25) is 0 Å². The van der Waals surface area contributed by atoms with E-state index in [4.69, 9.17) is 0 Å². The van der Waals surface area contributed by atoms with Crippen molar-refractivity contribution < 1.29 is 32.5 Å². The van der Waals surface area contributed by atoms with Crippen LogP contribution < -0.4 is 4.74 Å². The molecule has 1 rings (SSSR count). The number of rotatable bonds is 4. The standard InChI is InChI=1S/C11H11F3O4/c1-2-17-10(16)8-4-3-7(5-9(8)15)18-6-11(12,13)14/h3-5,15H,2,6H2,1H3. The molecule has 0 radical (unpaired) electrons. The summed E-state index contributed by atoms with van der Waals surface area (Å²) < 4.78 is 44.7. The second-order valence-electron chi connectivity index (χ2n) is 3.30. The molecule has 1 N–H and O–H groups in total. The van der Waals surface area contributed by atoms with Crippen molar-refractivity contribution in [3.8, 4) is 11.5 Å². The number of phenols is 1. The van der Waals surface area contributed by atoms with Gasteiger partial charge in [0.25, 0.3) is 0 Å². The lowest BCUT2D eigenvalue weighted by Crippen LogP contribution is -2.19. The van der Waals surface area contributed by atoms with Gasteiger partial charge in [-0.3, -0.25) is 0 Å². The minimum absolute atomic E-state index is 0.129. The van der Waals surface area contributed by atoms with E-state index < -0.39 is 24.5 Å². The van der Waals surface area contributed by atoms with E-state index in [1.54, 1.807) is 6.92 Å². The van der Waals surface area contributed by atoms with Crippen LogP contribution in [0.5, 0.6) is 11.5 Å². The topological polar surface area (TPSA) is 55.8 Å². The molecule has 7 heteroatoms. The van der Waals surface area contributed by atoms with Crippen LogP contribution in [0, 0.1) is 0 Å². The zero-order chi connectivity index (χ0) is 13.8. The van der Waals surface area contributed by atoms with Gasteiger partial charge in [0.2, 0.25) is 0 Å². The van der Waals surface area contributed by atoms with E-state index in [0.717, 1.165) is 18.2 Å². The van der Waals surface area contributed by atoms with Crippen molar-refractivity contribution >= 4 is 5.97 Å². The van der Waals surface area contributed by atoms with Gasteiger partial charge in [-0.2, -0.15) is 13.2 Å². The lowest BCUT2D eigenvalue weighted by atomic mass is 10.2. The van der Waals surface area contributed by atoms with E-state index in [1.807, 2.05) is 0 Å². The molecule has 0 saturated carbocycles. The van der Waals surface area contributed by atoms with Crippen molar-refractivity contribution in [1.29, 1.82) is 0 Å². The van der Waals surface area contributed by atoms with Crippen LogP contribution in [-0.2, 0) is 4.74 Å². The molecule has 4 nitrogen and oxygen atoms in total. The molecule has 0 amide bonds. The van der Waals surface area contributed by atoms with Gasteiger partial charge >= 0.3 is 12.1 Å². The number of aromatic hydroxyl groups is 1. The Morgan fingerprint density at radius 1 is 1.39 bits per heavy atom. The average molecular weight is 264 g/mol. The monoisotopic (exact) mass is 264 g/mol. The molecule has 0 aliphatic carbocycles. The largest absolute Gasteiger partial charge is 0.507 e. The number of benzene rings is 1. The highest BCUT2D eigenvalue weighted by Gasteiger charge is 2.28. The van der Waals surface area contributed by atoms with Gasteiger partial charge in [-0.25, -0.2) is 4.79 Å². The summed E-state index contributed by atoms with van der Waals surface area (Å²) in [6.45, 7) is 0.256. The molecular formula is C11H11F3O4. The first-order chi connectivity index (χ1) is 8.33. The first kappa shape index (κ1) is 14.1. The van der Waals surface area contributed by atoms with E-state index in [9.17, 15) is 23.1 Å². The molecule has 100 valence electrons. The number of carbonyl (C=O) groups excluding carboxylic acids is 1. The summed E-state index contributed by atoms with van der Waals surface area (Å²) in [5.41, 5.74) is -0.129. The van der Waals surface area contributed by atoms with Crippen molar-refractivity contribution in [3.63, 3.8) is 0 Å². The molecule has 0 aromatic heterocycles. The second kappa shape index (κ2) is 5.61. The Labute approximate surface area is 101 Å². The number of hydrogen-bond acceptors (Lipinski definition) is 4. The molecule has 0 heterocycles. The SMILES string of the molecule is CCOC(=O)c1ccc(OCC(F)(F)F)cc1O. The number of hydrogen-bond donors (Lipinski definition) is 1. The minimum atomic E-state index is -4.46. The first-order valence-corrected chi connectivity index (χ1v) is 5.03. The van der Waals surface area contributed by atoms with Gasteiger partial charge in [-0.15, -0.1) is 0 Å². The summed E-state index contributed by atoms with van der Waals surface area (Å²) in [7, 11) is 0. The Hall–Kier alpha value is -1.92. The minimum Gasteiger partial charge on any atom is -0.507 e. The fraction of sp³-hybridized carbons (Fsp3) is 0.364. The van der Waals surface area contributed by atoms with Crippen LogP contribution in [0.3, 0.4) is 0 Å². The second-order valence-corrected chi connectivity index (χ2v) is 3.30. The molecule has 0 aliphatic rings. The van der Waals surface area contributed by atoms with Crippen molar-refractivity contribution in [2.45, 2.75) is 13.1 Å². The average Bonchev–Trinajstić information content (AvgIpc) is 2.25. The van der Waals surface area contributed by atoms with Gasteiger partial charge in [0.1, 0.15) is 17.1 Å². The molecule has 0 spiro atoms. The summed E-state index contributed by atoms with van der Waals surface area (Å²) in [4.78, 5) is 11.3. The molecule has 0 saturated heterocycles. The Morgan fingerprint density at radius 2 is 2.06 bits per heavy atom. The Kier molecular flexibility index (Phi) is 4.41. The predicted molar refractivity (Wildman–Crippen MR) is 55.6 cm³/mol. The van der Waals surface area contributed by atoms with Crippen LogP contribution in [-0.4, -0.2) is 30.5 Å². The van der Waals surface area contributed by atoms with Crippen LogP contribution in [0.4, 0.5) is 13.2 Å². The first-order valence-electron chi connectivity index (χ1n) is 5.03. The third-order valence-electron chi connectivity index (χ3n) is 1.87. The molecule has 18 heavy (non-hydrogen) atoms. The van der Waals surface area contributed by atoms with Gasteiger partial charge in [0, 0.05) is 6.07 Å². The number of halogens is 3. The quantitative estimate of drug-likeness (QED) is 0.849. The molecule has 0 unspecified atom stereocenters. The van der Waals surface area contributed by atoms with Gasteiger partial charge in [0.05, 0.1) is 6.61 Å². The van der Waals surface area contributed by atoms with Gasteiger partial charge in [-0.1, -0.05) is 0 Å². The van der Waals surface area contributed by atoms with E-state index >= 15 is 0 Å². The fourth-order valence-electron chi connectivity index (χ4n) is 1.15. The lowest BCUT2D eigenvalue weighted by molar-refractivity contribution is -0.153. The van der Waals surface area contributed by atoms with Crippen LogP contribution >= 0.6 is 0 Å². The highest BCUT2D eigenvalue weighted by molar-refractivity contribution is 5.92. The van der Waals surface area contributed by atoms with Crippen LogP contribution in [0.15, 0.2) is 18.2 Å². The molecule has 1 aromatic rings. The van der Waals surface area contributed by atoms with Crippen LogP contribution in [0.25, 0.3) is 0 Å². The van der Waals surface area contributed by atoms with Crippen LogP contribution in [0.1, 0.15) is 17.3 Å². The van der Waals surface area contributed by atoms with Crippen molar-refractivity contribution in [2.24, 2.45) is 0 Å². The van der Waals surface area contributed by atoms with Crippen molar-refractivity contribution in [3.05, 3.63) is 23.8 Å². The lowest BCUT2D eigenvalue weighted by Gasteiger charge is -2.10. The number of phenolic OH excluding ortho intramolecular Hbond substituents is 1. The van der Waals surface area contributed by atoms with Crippen molar-refractivity contribution in [1.82, 2.24) is 0 Å². The summed E-state index contributed by atoms with van der Waals surface area (Å²) in [6.07, 6.45) is -4.46. The maximum atomic E-state index is 11.9.